The summed E-state index contributed by atoms with van der Waals surface area (Å²) in [5.74, 6) is -1.24. The van der Waals surface area contributed by atoms with Crippen LogP contribution in [0, 0.1) is 13.8 Å². The molecule has 0 atom stereocenters. The van der Waals surface area contributed by atoms with Crippen LogP contribution in [-0.4, -0.2) is 28.0 Å². The molecule has 1 amide bonds. The SMILES string of the molecule is Cc1cc(C(=O)NC2CC2)nc(C)c1C(=O)O. The first kappa shape index (κ1) is 11.6. The number of hydrogen-bond donors (Lipinski definition) is 2. The van der Waals surface area contributed by atoms with E-state index in [2.05, 4.69) is 10.3 Å². The van der Waals surface area contributed by atoms with Gasteiger partial charge in [0.05, 0.1) is 11.3 Å². The minimum absolute atomic E-state index is 0.174. The summed E-state index contributed by atoms with van der Waals surface area (Å²) in [7, 11) is 0. The lowest BCUT2D eigenvalue weighted by atomic mass is 10.1. The zero-order valence-corrected chi connectivity index (χ0v) is 9.78. The van der Waals surface area contributed by atoms with Crippen LogP contribution in [0.5, 0.6) is 0 Å². The molecule has 1 heterocycles. The molecule has 0 saturated heterocycles. The largest absolute Gasteiger partial charge is 0.478 e. The molecule has 17 heavy (non-hydrogen) atoms. The smallest absolute Gasteiger partial charge is 0.337 e. The van der Waals surface area contributed by atoms with Crippen LogP contribution in [0.2, 0.25) is 0 Å². The van der Waals surface area contributed by atoms with Crippen LogP contribution in [0.15, 0.2) is 6.07 Å². The number of pyridine rings is 1. The first-order chi connectivity index (χ1) is 7.99. The molecule has 1 aromatic rings. The maximum atomic E-state index is 11.8. The fourth-order valence-corrected chi connectivity index (χ4v) is 1.76. The highest BCUT2D eigenvalue weighted by molar-refractivity contribution is 5.95. The summed E-state index contributed by atoms with van der Waals surface area (Å²) >= 11 is 0. The Balaban J connectivity index is 2.30. The van der Waals surface area contributed by atoms with Crippen LogP contribution in [0.25, 0.3) is 0 Å². The fourth-order valence-electron chi connectivity index (χ4n) is 1.76. The number of rotatable bonds is 3. The summed E-state index contributed by atoms with van der Waals surface area (Å²) in [5.41, 5.74) is 1.40. The summed E-state index contributed by atoms with van der Waals surface area (Å²) in [6.45, 7) is 3.27. The zero-order valence-electron chi connectivity index (χ0n) is 9.78. The Labute approximate surface area is 98.9 Å². The van der Waals surface area contributed by atoms with Gasteiger partial charge in [-0.1, -0.05) is 0 Å². The Bertz CT molecular complexity index is 470. The zero-order chi connectivity index (χ0) is 12.6. The van der Waals surface area contributed by atoms with Gasteiger partial charge in [-0.25, -0.2) is 9.78 Å². The Kier molecular flexibility index (Phi) is 2.83. The average molecular weight is 234 g/mol. The first-order valence-corrected chi connectivity index (χ1v) is 5.51. The highest BCUT2D eigenvalue weighted by atomic mass is 16.4. The van der Waals surface area contributed by atoms with Crippen molar-refractivity contribution >= 4 is 11.9 Å². The van der Waals surface area contributed by atoms with Crippen molar-refractivity contribution in [1.82, 2.24) is 10.3 Å². The lowest BCUT2D eigenvalue weighted by molar-refractivity contribution is 0.0694. The molecule has 90 valence electrons. The number of carboxylic acid groups (broad SMARTS) is 1. The second kappa shape index (κ2) is 4.16. The van der Waals surface area contributed by atoms with Gasteiger partial charge in [-0.2, -0.15) is 0 Å². The van der Waals surface area contributed by atoms with Crippen molar-refractivity contribution in [2.24, 2.45) is 0 Å². The molecular weight excluding hydrogens is 220 g/mol. The molecule has 0 aromatic carbocycles. The lowest BCUT2D eigenvalue weighted by Gasteiger charge is -2.08. The number of aromatic carboxylic acids is 1. The quantitative estimate of drug-likeness (QED) is 0.825. The van der Waals surface area contributed by atoms with E-state index in [4.69, 9.17) is 5.11 Å². The van der Waals surface area contributed by atoms with E-state index in [1.54, 1.807) is 13.8 Å². The van der Waals surface area contributed by atoms with Crippen LogP contribution in [0.3, 0.4) is 0 Å². The van der Waals surface area contributed by atoms with Gasteiger partial charge in [0.2, 0.25) is 0 Å². The van der Waals surface area contributed by atoms with Crippen LogP contribution < -0.4 is 5.32 Å². The topological polar surface area (TPSA) is 79.3 Å². The molecule has 2 rings (SSSR count). The number of aryl methyl sites for hydroxylation is 2. The van der Waals surface area contributed by atoms with Crippen LogP contribution in [0.1, 0.15) is 44.9 Å². The Morgan fingerprint density at radius 1 is 1.41 bits per heavy atom. The number of nitrogens with zero attached hydrogens (tertiary/aromatic N) is 1. The van der Waals surface area contributed by atoms with Gasteiger partial charge in [0.15, 0.2) is 0 Å². The van der Waals surface area contributed by atoms with E-state index in [0.29, 0.717) is 11.3 Å². The monoisotopic (exact) mass is 234 g/mol. The van der Waals surface area contributed by atoms with E-state index in [0.717, 1.165) is 12.8 Å². The summed E-state index contributed by atoms with van der Waals surface area (Å²) in [6, 6.07) is 1.79. The molecule has 0 spiro atoms. The fraction of sp³-hybridized carbons (Fsp3) is 0.417. The van der Waals surface area contributed by atoms with Gasteiger partial charge in [0.25, 0.3) is 5.91 Å². The number of carbonyl (C=O) groups excluding carboxylic acids is 1. The van der Waals surface area contributed by atoms with E-state index >= 15 is 0 Å². The Morgan fingerprint density at radius 3 is 2.53 bits per heavy atom. The molecule has 5 heteroatoms. The highest BCUT2D eigenvalue weighted by Gasteiger charge is 2.25. The third kappa shape index (κ3) is 2.43. The van der Waals surface area contributed by atoms with E-state index in [9.17, 15) is 9.59 Å². The van der Waals surface area contributed by atoms with Gasteiger partial charge < -0.3 is 10.4 Å². The number of carboxylic acids is 1. The van der Waals surface area contributed by atoms with Gasteiger partial charge >= 0.3 is 5.97 Å². The molecule has 0 bridgehead atoms. The summed E-state index contributed by atoms with van der Waals surface area (Å²) in [6.07, 6.45) is 2.02. The van der Waals surface area contributed by atoms with Crippen molar-refractivity contribution in [3.05, 3.63) is 28.6 Å². The molecule has 1 saturated carbocycles. The first-order valence-electron chi connectivity index (χ1n) is 5.51. The minimum atomic E-state index is -1.01. The number of nitrogens with one attached hydrogen (secondary N) is 1. The molecule has 1 aliphatic rings. The molecule has 2 N–H and O–H groups in total. The summed E-state index contributed by atoms with van der Waals surface area (Å²) < 4.78 is 0. The number of carbonyl (C=O) groups is 2. The lowest BCUT2D eigenvalue weighted by Crippen LogP contribution is -2.27. The molecule has 5 nitrogen and oxygen atoms in total. The van der Waals surface area contributed by atoms with Crippen molar-refractivity contribution in [2.75, 3.05) is 0 Å². The number of amides is 1. The highest BCUT2D eigenvalue weighted by Crippen LogP contribution is 2.20. The van der Waals surface area contributed by atoms with Crippen molar-refractivity contribution in [3.63, 3.8) is 0 Å². The molecule has 0 aliphatic heterocycles. The second-order valence-electron chi connectivity index (χ2n) is 4.34. The standard InChI is InChI=1S/C12H14N2O3/c1-6-5-9(11(15)14-8-3-4-8)13-7(2)10(6)12(16)17/h5,8H,3-4H2,1-2H3,(H,14,15)(H,16,17). The van der Waals surface area contributed by atoms with Crippen LogP contribution in [0.4, 0.5) is 0 Å². The molecule has 1 aliphatic carbocycles. The molecule has 1 aromatic heterocycles. The van der Waals surface area contributed by atoms with Crippen molar-refractivity contribution in [3.8, 4) is 0 Å². The van der Waals surface area contributed by atoms with Gasteiger partial charge in [-0.15, -0.1) is 0 Å². The maximum absolute atomic E-state index is 11.8. The second-order valence-corrected chi connectivity index (χ2v) is 4.34. The van der Waals surface area contributed by atoms with Gasteiger partial charge in [0, 0.05) is 6.04 Å². The molecule has 0 radical (unpaired) electrons. The van der Waals surface area contributed by atoms with E-state index in [1.807, 2.05) is 0 Å². The van der Waals surface area contributed by atoms with E-state index in [-0.39, 0.29) is 23.2 Å². The maximum Gasteiger partial charge on any atom is 0.337 e. The van der Waals surface area contributed by atoms with Crippen molar-refractivity contribution < 1.29 is 14.7 Å². The minimum Gasteiger partial charge on any atom is -0.478 e. The summed E-state index contributed by atoms with van der Waals surface area (Å²) in [5, 5.41) is 11.8. The Morgan fingerprint density at radius 2 is 2.06 bits per heavy atom. The van der Waals surface area contributed by atoms with Crippen LogP contribution in [-0.2, 0) is 0 Å². The molecule has 1 fully saturated rings. The molecule has 0 unspecified atom stereocenters. The van der Waals surface area contributed by atoms with Gasteiger partial charge in [0.1, 0.15) is 5.69 Å². The Hall–Kier alpha value is -1.91. The average Bonchev–Trinajstić information content (AvgIpc) is 2.99. The molecular formula is C12H14N2O3. The van der Waals surface area contributed by atoms with E-state index in [1.165, 1.54) is 6.07 Å². The van der Waals surface area contributed by atoms with Crippen molar-refractivity contribution in [2.45, 2.75) is 32.7 Å². The van der Waals surface area contributed by atoms with Crippen LogP contribution >= 0.6 is 0 Å². The predicted molar refractivity (Wildman–Crippen MR) is 61.2 cm³/mol. The third-order valence-corrected chi connectivity index (χ3v) is 2.76. The predicted octanol–water partition coefficient (Wildman–Crippen LogP) is 1.29. The van der Waals surface area contributed by atoms with Gasteiger partial charge in [-0.3, -0.25) is 4.79 Å². The van der Waals surface area contributed by atoms with Gasteiger partial charge in [-0.05, 0) is 38.3 Å². The summed E-state index contributed by atoms with van der Waals surface area (Å²) in [4.78, 5) is 26.8. The van der Waals surface area contributed by atoms with Crippen molar-refractivity contribution in [1.29, 1.82) is 0 Å². The number of hydrogen-bond acceptors (Lipinski definition) is 3. The normalized spacial score (nSPS) is 14.5. The number of aromatic nitrogens is 1. The van der Waals surface area contributed by atoms with E-state index < -0.39 is 5.97 Å². The third-order valence-electron chi connectivity index (χ3n) is 2.76.